The monoisotopic (exact) mass is 482 g/mol. The number of rotatable bonds is 2. The van der Waals surface area contributed by atoms with Crippen LogP contribution >= 0.6 is 0 Å². The lowest BCUT2D eigenvalue weighted by molar-refractivity contribution is -0.124. The molecule has 0 amide bonds. The maximum atomic E-state index is 14.8. The largest absolute Gasteiger partial charge is 0.460 e. The van der Waals surface area contributed by atoms with Gasteiger partial charge in [-0.2, -0.15) is 0 Å². The van der Waals surface area contributed by atoms with Crippen LogP contribution in [-0.4, -0.2) is 11.8 Å². The number of para-hydroxylation sites is 1. The van der Waals surface area contributed by atoms with E-state index in [1.165, 1.54) is 0 Å². The van der Waals surface area contributed by atoms with Crippen LogP contribution in [0.25, 0.3) is 11.1 Å². The van der Waals surface area contributed by atoms with Crippen molar-refractivity contribution in [2.45, 2.75) is 12.5 Å². The molecule has 4 aromatic carbocycles. The van der Waals surface area contributed by atoms with Gasteiger partial charge in [-0.1, -0.05) is 91.0 Å². The Kier molecular flexibility index (Phi) is 4.61. The molecule has 4 nitrogen and oxygen atoms in total. The maximum Gasteiger partial charge on any atom is 0.339 e. The highest BCUT2D eigenvalue weighted by atomic mass is 16.6. The second-order valence-corrected chi connectivity index (χ2v) is 9.58. The van der Waals surface area contributed by atoms with Crippen molar-refractivity contribution < 1.29 is 19.1 Å². The molecule has 2 unspecified atom stereocenters. The summed E-state index contributed by atoms with van der Waals surface area (Å²) in [5, 5.41) is 0. The summed E-state index contributed by atoms with van der Waals surface area (Å²) in [4.78, 5) is 28.0. The molecular formula is C33H22O4. The van der Waals surface area contributed by atoms with Crippen LogP contribution in [0.3, 0.4) is 0 Å². The highest BCUT2D eigenvalue weighted by molar-refractivity contribution is 6.32. The number of benzene rings is 4. The lowest BCUT2D eigenvalue weighted by atomic mass is 9.66. The van der Waals surface area contributed by atoms with Gasteiger partial charge in [0.25, 0.3) is 0 Å². The van der Waals surface area contributed by atoms with Gasteiger partial charge in [0.05, 0.1) is 5.56 Å². The van der Waals surface area contributed by atoms with Gasteiger partial charge in [-0.3, -0.25) is 4.79 Å². The van der Waals surface area contributed by atoms with Crippen molar-refractivity contribution in [2.75, 3.05) is 0 Å². The summed E-state index contributed by atoms with van der Waals surface area (Å²) in [6.07, 6.45) is 1.96. The number of aryl methyl sites for hydroxylation is 1. The van der Waals surface area contributed by atoms with Gasteiger partial charge in [0, 0.05) is 16.7 Å². The first-order chi connectivity index (χ1) is 18.1. The lowest BCUT2D eigenvalue weighted by Crippen LogP contribution is -2.47. The van der Waals surface area contributed by atoms with E-state index < -0.39 is 17.5 Å². The summed E-state index contributed by atoms with van der Waals surface area (Å²) in [6, 6.07) is 32.5. The minimum atomic E-state index is -1.32. The second kappa shape index (κ2) is 7.90. The van der Waals surface area contributed by atoms with Gasteiger partial charge < -0.3 is 9.47 Å². The zero-order valence-electron chi connectivity index (χ0n) is 20.1. The molecule has 1 spiro atoms. The number of hydrogen-bond acceptors (Lipinski definition) is 4. The SMILES string of the molecule is Cc1ccccc1C1=C(c2ccccc2)C(=O)C2C(=C1)Oc1ccccc1C21OC(=O)c2ccccc21. The van der Waals surface area contributed by atoms with Crippen LogP contribution in [0.5, 0.6) is 5.75 Å². The number of esters is 1. The van der Waals surface area contributed by atoms with E-state index in [1.54, 1.807) is 6.07 Å². The van der Waals surface area contributed by atoms with Gasteiger partial charge in [-0.15, -0.1) is 0 Å². The molecule has 37 heavy (non-hydrogen) atoms. The Morgan fingerprint density at radius 2 is 1.35 bits per heavy atom. The molecule has 3 aliphatic rings. The van der Waals surface area contributed by atoms with Crippen molar-refractivity contribution in [1.82, 2.24) is 0 Å². The Hall–Kier alpha value is -4.70. The molecule has 0 saturated heterocycles. The van der Waals surface area contributed by atoms with Gasteiger partial charge in [-0.25, -0.2) is 4.79 Å². The Morgan fingerprint density at radius 1 is 0.703 bits per heavy atom. The highest BCUT2D eigenvalue weighted by Gasteiger charge is 2.61. The van der Waals surface area contributed by atoms with Crippen molar-refractivity contribution >= 4 is 22.9 Å². The van der Waals surface area contributed by atoms with E-state index in [-0.39, 0.29) is 5.78 Å². The molecule has 0 saturated carbocycles. The van der Waals surface area contributed by atoms with E-state index in [1.807, 2.05) is 110 Å². The third-order valence-corrected chi connectivity index (χ3v) is 7.57. The number of Topliss-reactive ketones (excluding diaryl/α,β-unsaturated/α-hetero) is 1. The van der Waals surface area contributed by atoms with Gasteiger partial charge in [-0.05, 0) is 47.4 Å². The predicted octanol–water partition coefficient (Wildman–Crippen LogP) is 6.50. The number of allylic oxidation sites excluding steroid dienone is 3. The molecule has 0 bridgehead atoms. The fourth-order valence-electron chi connectivity index (χ4n) is 5.97. The molecule has 0 radical (unpaired) electrons. The molecule has 4 aromatic rings. The third kappa shape index (κ3) is 2.96. The fraction of sp³-hybridized carbons (Fsp3) is 0.0909. The van der Waals surface area contributed by atoms with Crippen molar-refractivity contribution in [3.8, 4) is 5.75 Å². The van der Waals surface area contributed by atoms with Crippen molar-refractivity contribution in [3.05, 3.63) is 148 Å². The number of hydrogen-bond donors (Lipinski definition) is 0. The standard InChI is InChI=1S/C33H22O4/c1-20-11-5-6-14-22(20)24-19-28-30(31(34)29(24)21-12-3-2-4-13-21)33(26-17-9-10-18-27(26)36-28)25-16-8-7-15-23(25)32(35)37-33/h2-19,30H,1H3. The zero-order chi connectivity index (χ0) is 25.1. The first-order valence-electron chi connectivity index (χ1n) is 12.3. The van der Waals surface area contributed by atoms with E-state index >= 15 is 0 Å². The van der Waals surface area contributed by atoms with E-state index in [9.17, 15) is 9.59 Å². The van der Waals surface area contributed by atoms with Gasteiger partial charge in [0.15, 0.2) is 11.4 Å². The molecule has 4 heteroatoms. The maximum absolute atomic E-state index is 14.8. The van der Waals surface area contributed by atoms with Gasteiger partial charge in [0.1, 0.15) is 17.4 Å². The van der Waals surface area contributed by atoms with Crippen LogP contribution in [0.1, 0.15) is 38.2 Å². The Morgan fingerprint density at radius 3 is 2.14 bits per heavy atom. The number of ether oxygens (including phenoxy) is 2. The van der Waals surface area contributed by atoms with Crippen LogP contribution in [0.4, 0.5) is 0 Å². The number of carbonyl (C=O) groups is 2. The van der Waals surface area contributed by atoms with E-state index in [0.717, 1.165) is 22.3 Å². The van der Waals surface area contributed by atoms with Crippen molar-refractivity contribution in [3.63, 3.8) is 0 Å². The Balaban J connectivity index is 1.56. The van der Waals surface area contributed by atoms with E-state index in [4.69, 9.17) is 9.47 Å². The highest BCUT2D eigenvalue weighted by Crippen LogP contribution is 2.58. The molecule has 0 fully saturated rings. The zero-order valence-corrected chi connectivity index (χ0v) is 20.1. The van der Waals surface area contributed by atoms with Crippen LogP contribution < -0.4 is 4.74 Å². The number of carbonyl (C=O) groups excluding carboxylic acids is 2. The molecule has 0 aromatic heterocycles. The number of ketones is 1. The van der Waals surface area contributed by atoms with Gasteiger partial charge in [0.2, 0.25) is 0 Å². The summed E-state index contributed by atoms with van der Waals surface area (Å²) in [5.74, 6) is -0.380. The third-order valence-electron chi connectivity index (χ3n) is 7.57. The summed E-state index contributed by atoms with van der Waals surface area (Å²) < 4.78 is 12.7. The quantitative estimate of drug-likeness (QED) is 0.306. The van der Waals surface area contributed by atoms with Crippen LogP contribution in [-0.2, 0) is 15.1 Å². The normalized spacial score (nSPS) is 21.5. The summed E-state index contributed by atoms with van der Waals surface area (Å²) in [5.41, 5.74) is 4.73. The Bertz CT molecular complexity index is 1680. The van der Waals surface area contributed by atoms with E-state index in [2.05, 4.69) is 0 Å². The van der Waals surface area contributed by atoms with Gasteiger partial charge >= 0.3 is 5.97 Å². The minimum absolute atomic E-state index is 0.138. The summed E-state index contributed by atoms with van der Waals surface area (Å²) in [6.45, 7) is 2.04. The first-order valence-corrected chi connectivity index (χ1v) is 12.3. The lowest BCUT2D eigenvalue weighted by Gasteiger charge is -2.43. The van der Waals surface area contributed by atoms with E-state index in [0.29, 0.717) is 33.8 Å². The topological polar surface area (TPSA) is 52.6 Å². The Labute approximate surface area is 214 Å². The smallest absolute Gasteiger partial charge is 0.339 e. The average Bonchev–Trinajstić information content (AvgIpc) is 3.22. The molecule has 178 valence electrons. The van der Waals surface area contributed by atoms with Crippen LogP contribution in [0.2, 0.25) is 0 Å². The summed E-state index contributed by atoms with van der Waals surface area (Å²) in [7, 11) is 0. The second-order valence-electron chi connectivity index (χ2n) is 9.58. The van der Waals surface area contributed by atoms with Crippen LogP contribution in [0, 0.1) is 12.8 Å². The molecular weight excluding hydrogens is 460 g/mol. The molecule has 2 aliphatic heterocycles. The fourth-order valence-corrected chi connectivity index (χ4v) is 5.97. The molecule has 2 heterocycles. The van der Waals surface area contributed by atoms with Crippen molar-refractivity contribution in [2.24, 2.45) is 5.92 Å². The molecule has 2 atom stereocenters. The van der Waals surface area contributed by atoms with Crippen LogP contribution in [0.15, 0.2) is 115 Å². The molecule has 0 N–H and O–H groups in total. The summed E-state index contributed by atoms with van der Waals surface area (Å²) >= 11 is 0. The first kappa shape index (κ1) is 21.6. The molecule has 7 rings (SSSR count). The predicted molar refractivity (Wildman–Crippen MR) is 141 cm³/mol. The minimum Gasteiger partial charge on any atom is -0.460 e. The number of fused-ring (bicyclic) bond motifs is 6. The molecule has 1 aliphatic carbocycles. The average molecular weight is 483 g/mol. The van der Waals surface area contributed by atoms with Crippen molar-refractivity contribution in [1.29, 1.82) is 0 Å².